The number of benzene rings is 1. The standard InChI is InChI=1S/C18H28N3O2/c1-14(2)12-20-6-8-21(9-7-20)13-16-10-15(11-19)4-5-17(16)18(22)23-3/h4-5,10H,6-9,11-13,19H2,1-3H3. The summed E-state index contributed by atoms with van der Waals surface area (Å²) in [5.41, 5.74) is 8.43. The average molecular weight is 318 g/mol. The van der Waals surface area contributed by atoms with Crippen LogP contribution >= 0.6 is 0 Å². The van der Waals surface area contributed by atoms with Gasteiger partial charge in [-0.05, 0) is 23.1 Å². The maximum absolute atomic E-state index is 12.0. The van der Waals surface area contributed by atoms with Gasteiger partial charge in [0.05, 0.1) is 12.7 Å². The van der Waals surface area contributed by atoms with Gasteiger partial charge in [-0.25, -0.2) is 4.79 Å². The summed E-state index contributed by atoms with van der Waals surface area (Å²) in [6, 6.07) is 5.76. The third kappa shape index (κ3) is 5.03. The number of methoxy groups -OCH3 is 1. The van der Waals surface area contributed by atoms with Crippen molar-refractivity contribution < 1.29 is 9.53 Å². The lowest BCUT2D eigenvalue weighted by Crippen LogP contribution is -2.46. The van der Waals surface area contributed by atoms with Gasteiger partial charge in [-0.15, -0.1) is 0 Å². The first-order chi connectivity index (χ1) is 11.0. The molecule has 5 nitrogen and oxygen atoms in total. The molecular formula is C18H28N3O2. The Bertz CT molecular complexity index is 523. The normalized spacial score (nSPS) is 16.7. The number of esters is 1. The molecule has 0 amide bonds. The lowest BCUT2D eigenvalue weighted by atomic mass is 10.0. The van der Waals surface area contributed by atoms with Gasteiger partial charge in [-0.3, -0.25) is 4.90 Å². The zero-order chi connectivity index (χ0) is 16.8. The quantitative estimate of drug-likeness (QED) is 0.809. The van der Waals surface area contributed by atoms with Crippen LogP contribution in [0.3, 0.4) is 0 Å². The van der Waals surface area contributed by atoms with Gasteiger partial charge in [0.2, 0.25) is 0 Å². The number of nitrogens with zero attached hydrogens (tertiary/aromatic N) is 2. The van der Waals surface area contributed by atoms with Crippen LogP contribution in [0, 0.1) is 5.92 Å². The van der Waals surface area contributed by atoms with Crippen molar-refractivity contribution in [3.8, 4) is 0 Å². The summed E-state index contributed by atoms with van der Waals surface area (Å²) in [6.07, 6.45) is 0. The van der Waals surface area contributed by atoms with Crippen molar-refractivity contribution in [2.75, 3.05) is 39.8 Å². The molecule has 1 aromatic carbocycles. The zero-order valence-corrected chi connectivity index (χ0v) is 14.5. The highest BCUT2D eigenvalue weighted by Crippen LogP contribution is 2.17. The number of rotatable bonds is 6. The molecule has 0 aliphatic carbocycles. The van der Waals surface area contributed by atoms with Gasteiger partial charge in [-0.1, -0.05) is 26.0 Å². The molecule has 1 aliphatic rings. The average Bonchev–Trinajstić information content (AvgIpc) is 2.55. The summed E-state index contributed by atoms with van der Waals surface area (Å²) in [6.45, 7) is 10.8. The number of nitrogens with two attached hydrogens (primary N) is 1. The molecular weight excluding hydrogens is 290 g/mol. The fourth-order valence-electron chi connectivity index (χ4n) is 3.01. The van der Waals surface area contributed by atoms with Crippen LogP contribution < -0.4 is 5.73 Å². The monoisotopic (exact) mass is 318 g/mol. The minimum absolute atomic E-state index is 0.279. The molecule has 1 saturated heterocycles. The number of hydrogen-bond donors (Lipinski definition) is 1. The topological polar surface area (TPSA) is 58.8 Å². The van der Waals surface area contributed by atoms with E-state index in [0.29, 0.717) is 12.1 Å². The van der Waals surface area contributed by atoms with Crippen molar-refractivity contribution in [2.24, 2.45) is 5.73 Å². The van der Waals surface area contributed by atoms with Gasteiger partial charge in [0, 0.05) is 45.8 Å². The summed E-state index contributed by atoms with van der Waals surface area (Å²) in [4.78, 5) is 16.8. The second-order valence-electron chi connectivity index (χ2n) is 6.45. The molecule has 23 heavy (non-hydrogen) atoms. The molecule has 0 atom stereocenters. The van der Waals surface area contributed by atoms with Crippen LogP contribution in [0.4, 0.5) is 0 Å². The van der Waals surface area contributed by atoms with Crippen molar-refractivity contribution in [1.29, 1.82) is 0 Å². The maximum atomic E-state index is 12.0. The molecule has 5 heteroatoms. The molecule has 0 unspecified atom stereocenters. The number of carbonyl (C=O) groups is 1. The van der Waals surface area contributed by atoms with E-state index >= 15 is 0 Å². The van der Waals surface area contributed by atoms with E-state index < -0.39 is 0 Å². The maximum Gasteiger partial charge on any atom is 0.338 e. The van der Waals surface area contributed by atoms with E-state index in [9.17, 15) is 4.79 Å². The van der Waals surface area contributed by atoms with E-state index in [0.717, 1.165) is 50.4 Å². The van der Waals surface area contributed by atoms with Gasteiger partial charge < -0.3 is 15.4 Å². The molecule has 0 aromatic heterocycles. The second kappa shape index (κ2) is 8.43. The molecule has 1 radical (unpaired) electrons. The third-order valence-corrected chi connectivity index (χ3v) is 4.21. The molecule has 0 bridgehead atoms. The van der Waals surface area contributed by atoms with Crippen LogP contribution in [0.2, 0.25) is 0 Å². The highest BCUT2D eigenvalue weighted by atomic mass is 16.5. The van der Waals surface area contributed by atoms with Gasteiger partial charge in [0.1, 0.15) is 0 Å². The zero-order valence-electron chi connectivity index (χ0n) is 14.5. The Kier molecular flexibility index (Phi) is 6.57. The lowest BCUT2D eigenvalue weighted by molar-refractivity contribution is 0.0597. The van der Waals surface area contributed by atoms with Crippen LogP contribution in [-0.4, -0.2) is 55.6 Å². The first-order valence-corrected chi connectivity index (χ1v) is 8.17. The Morgan fingerprint density at radius 3 is 2.39 bits per heavy atom. The van der Waals surface area contributed by atoms with Crippen LogP contribution in [0.25, 0.3) is 0 Å². The van der Waals surface area contributed by atoms with E-state index in [2.05, 4.69) is 23.6 Å². The van der Waals surface area contributed by atoms with E-state index in [1.165, 1.54) is 13.0 Å². The van der Waals surface area contributed by atoms with E-state index in [4.69, 9.17) is 10.5 Å². The second-order valence-corrected chi connectivity index (χ2v) is 6.45. The number of carbonyl (C=O) groups excluding carboxylic acids is 1. The van der Waals surface area contributed by atoms with Gasteiger partial charge in [-0.2, -0.15) is 0 Å². The van der Waals surface area contributed by atoms with Crippen molar-refractivity contribution in [2.45, 2.75) is 26.9 Å². The molecule has 127 valence electrons. The third-order valence-electron chi connectivity index (χ3n) is 4.21. The van der Waals surface area contributed by atoms with E-state index in [1.807, 2.05) is 18.2 Å². The molecule has 2 rings (SSSR count). The highest BCUT2D eigenvalue weighted by Gasteiger charge is 2.20. The first-order valence-electron chi connectivity index (χ1n) is 8.17. The number of ether oxygens (including phenoxy) is 1. The lowest BCUT2D eigenvalue weighted by Gasteiger charge is -2.35. The minimum Gasteiger partial charge on any atom is -0.465 e. The Hall–Kier alpha value is -1.43. The van der Waals surface area contributed by atoms with Crippen LogP contribution in [0.5, 0.6) is 0 Å². The van der Waals surface area contributed by atoms with E-state index in [-0.39, 0.29) is 5.97 Å². The summed E-state index contributed by atoms with van der Waals surface area (Å²) in [7, 11) is 1.42. The van der Waals surface area contributed by atoms with Crippen molar-refractivity contribution in [1.82, 2.24) is 9.80 Å². The van der Waals surface area contributed by atoms with Crippen LogP contribution in [0.15, 0.2) is 18.2 Å². The molecule has 1 aromatic rings. The number of hydrogen-bond acceptors (Lipinski definition) is 5. The van der Waals surface area contributed by atoms with E-state index in [1.54, 1.807) is 0 Å². The molecule has 1 fully saturated rings. The summed E-state index contributed by atoms with van der Waals surface area (Å²) < 4.78 is 4.90. The predicted octanol–water partition coefficient (Wildman–Crippen LogP) is 1.66. The smallest absolute Gasteiger partial charge is 0.338 e. The molecule has 0 saturated carbocycles. The molecule has 1 heterocycles. The Morgan fingerprint density at radius 2 is 1.83 bits per heavy atom. The largest absolute Gasteiger partial charge is 0.465 e. The Morgan fingerprint density at radius 1 is 1.17 bits per heavy atom. The molecule has 0 spiro atoms. The molecule has 2 N–H and O–H groups in total. The van der Waals surface area contributed by atoms with Crippen LogP contribution in [-0.2, 0) is 17.8 Å². The first kappa shape index (κ1) is 17.9. The van der Waals surface area contributed by atoms with Gasteiger partial charge in [0.25, 0.3) is 0 Å². The predicted molar refractivity (Wildman–Crippen MR) is 92.0 cm³/mol. The van der Waals surface area contributed by atoms with Gasteiger partial charge in [0.15, 0.2) is 0 Å². The summed E-state index contributed by atoms with van der Waals surface area (Å²) >= 11 is 0. The highest BCUT2D eigenvalue weighted by molar-refractivity contribution is 5.91. The Labute approximate surface area is 139 Å². The SMILES string of the molecule is COC(=O)c1ccc(CN)cc1CN1CCN(C[C](C)C)CC1. The van der Waals surface area contributed by atoms with Crippen molar-refractivity contribution >= 4 is 5.97 Å². The summed E-state index contributed by atoms with van der Waals surface area (Å²) in [5, 5.41) is 0. The van der Waals surface area contributed by atoms with Crippen molar-refractivity contribution in [3.63, 3.8) is 0 Å². The van der Waals surface area contributed by atoms with Gasteiger partial charge >= 0.3 is 5.97 Å². The van der Waals surface area contributed by atoms with Crippen molar-refractivity contribution in [3.05, 3.63) is 40.8 Å². The minimum atomic E-state index is -0.279. The fourth-order valence-corrected chi connectivity index (χ4v) is 3.01. The number of piperazine rings is 1. The summed E-state index contributed by atoms with van der Waals surface area (Å²) in [5.74, 6) is 1.17. The molecule has 1 aliphatic heterocycles. The Balaban J connectivity index is 2.03. The fraction of sp³-hybridized carbons (Fsp3) is 0.556. The van der Waals surface area contributed by atoms with Crippen LogP contribution in [0.1, 0.15) is 35.3 Å².